The molecule has 1 rings (SSSR count). The van der Waals surface area contributed by atoms with E-state index >= 15 is 0 Å². The van der Waals surface area contributed by atoms with Crippen LogP contribution in [0.4, 0.5) is 0 Å². The lowest BCUT2D eigenvalue weighted by Gasteiger charge is -2.42. The summed E-state index contributed by atoms with van der Waals surface area (Å²) in [6, 6.07) is 8.19. The number of benzene rings is 1. The van der Waals surface area contributed by atoms with Gasteiger partial charge in [0, 0.05) is 25.2 Å². The molecule has 1 aromatic rings. The van der Waals surface area contributed by atoms with Crippen LogP contribution >= 0.6 is 11.6 Å². The second-order valence-corrected chi connectivity index (χ2v) is 10.8. The van der Waals surface area contributed by atoms with Gasteiger partial charge in [0.15, 0.2) is 5.41 Å². The van der Waals surface area contributed by atoms with E-state index in [9.17, 15) is 0 Å². The molecule has 0 saturated heterocycles. The largest absolute Gasteiger partial charge is 0.353 e. The molecule has 0 bridgehead atoms. The summed E-state index contributed by atoms with van der Waals surface area (Å²) in [4.78, 5) is 0. The Hall–Kier alpha value is -0.353. The molecule has 0 radical (unpaired) electrons. The Balaban J connectivity index is 3.32. The van der Waals surface area contributed by atoms with Gasteiger partial charge in [0.2, 0.25) is 0 Å². The monoisotopic (exact) mass is 286 g/mol. The van der Waals surface area contributed by atoms with Crippen molar-refractivity contribution < 1.29 is 9.47 Å². The SMILES string of the molecule is CCOC(OC)(c1cccc(CCl)c1)[Si](C)(C)C. The summed E-state index contributed by atoms with van der Waals surface area (Å²) < 4.78 is 11.8. The molecule has 1 atom stereocenters. The van der Waals surface area contributed by atoms with Gasteiger partial charge in [0.05, 0.1) is 0 Å². The van der Waals surface area contributed by atoms with Crippen molar-refractivity contribution in [2.24, 2.45) is 0 Å². The zero-order valence-corrected chi connectivity index (χ0v) is 13.7. The predicted molar refractivity (Wildman–Crippen MR) is 79.7 cm³/mol. The van der Waals surface area contributed by atoms with Gasteiger partial charge in [-0.25, -0.2) is 0 Å². The molecule has 0 saturated carbocycles. The highest BCUT2D eigenvalue weighted by atomic mass is 35.5. The molecule has 0 aliphatic carbocycles. The van der Waals surface area contributed by atoms with Gasteiger partial charge in [-0.2, -0.15) is 0 Å². The van der Waals surface area contributed by atoms with Crippen molar-refractivity contribution in [3.05, 3.63) is 35.4 Å². The smallest absolute Gasteiger partial charge is 0.175 e. The molecule has 0 heterocycles. The van der Waals surface area contributed by atoms with E-state index < -0.39 is 13.5 Å². The molecule has 4 heteroatoms. The highest BCUT2D eigenvalue weighted by Gasteiger charge is 2.46. The van der Waals surface area contributed by atoms with Crippen molar-refractivity contribution >= 4 is 19.7 Å². The summed E-state index contributed by atoms with van der Waals surface area (Å²) >= 11 is 5.91. The first-order valence-corrected chi connectivity index (χ1v) is 10.3. The minimum absolute atomic E-state index is 0.505. The molecule has 0 amide bonds. The van der Waals surface area contributed by atoms with Crippen LogP contribution in [-0.4, -0.2) is 21.8 Å². The molecule has 18 heavy (non-hydrogen) atoms. The van der Waals surface area contributed by atoms with Crippen molar-refractivity contribution in [2.75, 3.05) is 13.7 Å². The molecule has 1 aromatic carbocycles. The number of methoxy groups -OCH3 is 1. The normalized spacial score (nSPS) is 15.4. The maximum atomic E-state index is 6.03. The Morgan fingerprint density at radius 2 is 1.94 bits per heavy atom. The van der Waals surface area contributed by atoms with Crippen LogP contribution in [0.5, 0.6) is 0 Å². The Morgan fingerprint density at radius 3 is 2.39 bits per heavy atom. The lowest BCUT2D eigenvalue weighted by Crippen LogP contribution is -2.53. The van der Waals surface area contributed by atoms with Crippen molar-refractivity contribution in [2.45, 2.75) is 37.9 Å². The number of hydrogen-bond acceptors (Lipinski definition) is 2. The minimum atomic E-state index is -1.72. The Labute approximate surface area is 116 Å². The zero-order chi connectivity index (χ0) is 13.8. The average molecular weight is 287 g/mol. The number of rotatable bonds is 6. The van der Waals surface area contributed by atoms with E-state index in [1.807, 2.05) is 19.1 Å². The summed E-state index contributed by atoms with van der Waals surface area (Å²) in [6.45, 7) is 9.38. The summed E-state index contributed by atoms with van der Waals surface area (Å²) in [5.74, 6) is 0.505. The Bertz CT molecular complexity index is 390. The van der Waals surface area contributed by atoms with E-state index in [-0.39, 0.29) is 0 Å². The molecule has 0 N–H and O–H groups in total. The van der Waals surface area contributed by atoms with Gasteiger partial charge in [0.1, 0.15) is 8.07 Å². The number of halogens is 1. The average Bonchev–Trinajstić information content (AvgIpc) is 2.34. The van der Waals surface area contributed by atoms with Crippen LogP contribution in [0.2, 0.25) is 19.6 Å². The van der Waals surface area contributed by atoms with Gasteiger partial charge < -0.3 is 9.47 Å². The van der Waals surface area contributed by atoms with Crippen molar-refractivity contribution in [3.8, 4) is 0 Å². The van der Waals surface area contributed by atoms with Crippen molar-refractivity contribution in [3.63, 3.8) is 0 Å². The fourth-order valence-electron chi connectivity index (χ4n) is 2.28. The van der Waals surface area contributed by atoms with Crippen LogP contribution in [0.25, 0.3) is 0 Å². The number of ether oxygens (including phenoxy) is 2. The third-order valence-corrected chi connectivity index (χ3v) is 6.00. The molecule has 0 aromatic heterocycles. The van der Waals surface area contributed by atoms with E-state index in [1.165, 1.54) is 0 Å². The molecule has 0 spiro atoms. The van der Waals surface area contributed by atoms with Crippen LogP contribution in [-0.2, 0) is 20.8 Å². The van der Waals surface area contributed by atoms with Crippen LogP contribution in [0, 0.1) is 0 Å². The van der Waals surface area contributed by atoms with Gasteiger partial charge in [-0.05, 0) is 18.6 Å². The molecule has 0 aliphatic heterocycles. The van der Waals surface area contributed by atoms with E-state index in [0.717, 1.165) is 11.1 Å². The maximum Gasteiger partial charge on any atom is 0.175 e. The topological polar surface area (TPSA) is 18.5 Å². The third kappa shape index (κ3) is 2.97. The standard InChI is InChI=1S/C14H23ClO2Si/c1-6-17-14(16-2,18(3,4)5)13-9-7-8-12(10-13)11-15/h7-10H,6,11H2,1-5H3. The van der Waals surface area contributed by atoms with E-state index in [0.29, 0.717) is 12.5 Å². The molecule has 0 aliphatic rings. The van der Waals surface area contributed by atoms with Gasteiger partial charge in [0.25, 0.3) is 0 Å². The molecule has 0 fully saturated rings. The predicted octanol–water partition coefficient (Wildman–Crippen LogP) is 4.14. The van der Waals surface area contributed by atoms with Crippen LogP contribution in [0.1, 0.15) is 18.1 Å². The maximum absolute atomic E-state index is 6.03. The van der Waals surface area contributed by atoms with Crippen LogP contribution < -0.4 is 0 Å². The molecule has 102 valence electrons. The first-order chi connectivity index (χ1) is 8.41. The number of hydrogen-bond donors (Lipinski definition) is 0. The highest BCUT2D eigenvalue weighted by molar-refractivity contribution is 6.78. The highest BCUT2D eigenvalue weighted by Crippen LogP contribution is 2.37. The van der Waals surface area contributed by atoms with Gasteiger partial charge in [-0.1, -0.05) is 37.8 Å². The van der Waals surface area contributed by atoms with E-state index in [4.69, 9.17) is 21.1 Å². The Morgan fingerprint density at radius 1 is 1.28 bits per heavy atom. The van der Waals surface area contributed by atoms with Crippen molar-refractivity contribution in [1.29, 1.82) is 0 Å². The lowest BCUT2D eigenvalue weighted by atomic mass is 10.1. The summed E-state index contributed by atoms with van der Waals surface area (Å²) in [7, 11) is 0.00156. The van der Waals surface area contributed by atoms with Gasteiger partial charge in [-0.15, -0.1) is 11.6 Å². The molecular formula is C14H23ClO2Si. The third-order valence-electron chi connectivity index (χ3n) is 3.08. The second kappa shape index (κ2) is 6.20. The molecule has 2 nitrogen and oxygen atoms in total. The second-order valence-electron chi connectivity index (χ2n) is 5.34. The number of alkyl halides is 1. The fourth-order valence-corrected chi connectivity index (χ4v) is 4.66. The fraction of sp³-hybridized carbons (Fsp3) is 0.571. The molecule has 1 unspecified atom stereocenters. The zero-order valence-electron chi connectivity index (χ0n) is 11.9. The summed E-state index contributed by atoms with van der Waals surface area (Å²) in [5, 5.41) is 0. The minimum Gasteiger partial charge on any atom is -0.353 e. The summed E-state index contributed by atoms with van der Waals surface area (Å²) in [5.41, 5.74) is 1.56. The lowest BCUT2D eigenvalue weighted by molar-refractivity contribution is -0.174. The first-order valence-electron chi connectivity index (χ1n) is 6.25. The van der Waals surface area contributed by atoms with Crippen LogP contribution in [0.3, 0.4) is 0 Å². The van der Waals surface area contributed by atoms with Gasteiger partial charge >= 0.3 is 0 Å². The quantitative estimate of drug-likeness (QED) is 0.445. The van der Waals surface area contributed by atoms with Gasteiger partial charge in [-0.3, -0.25) is 0 Å². The van der Waals surface area contributed by atoms with Crippen molar-refractivity contribution in [1.82, 2.24) is 0 Å². The van der Waals surface area contributed by atoms with E-state index in [1.54, 1.807) is 7.11 Å². The Kier molecular flexibility index (Phi) is 5.41. The van der Waals surface area contributed by atoms with Crippen LogP contribution in [0.15, 0.2) is 24.3 Å². The molecular weight excluding hydrogens is 264 g/mol. The first kappa shape index (κ1) is 15.7. The van der Waals surface area contributed by atoms with E-state index in [2.05, 4.69) is 31.8 Å². The summed E-state index contributed by atoms with van der Waals surface area (Å²) in [6.07, 6.45) is 0.